The van der Waals surface area contributed by atoms with E-state index in [2.05, 4.69) is 9.89 Å². The lowest BCUT2D eigenvalue weighted by atomic mass is 10.0. The number of piperazine rings is 1. The molecule has 1 heterocycles. The minimum absolute atomic E-state index is 0.0880. The average molecular weight is 519 g/mol. The van der Waals surface area contributed by atoms with Crippen molar-refractivity contribution in [2.75, 3.05) is 53.9 Å². The van der Waals surface area contributed by atoms with Crippen molar-refractivity contribution in [3.63, 3.8) is 0 Å². The highest BCUT2D eigenvalue weighted by Gasteiger charge is 2.32. The van der Waals surface area contributed by atoms with Gasteiger partial charge in [0.2, 0.25) is 0 Å². The molecule has 37 heavy (non-hydrogen) atoms. The first-order valence-corrected chi connectivity index (χ1v) is 11.8. The van der Waals surface area contributed by atoms with Crippen LogP contribution < -0.4 is 11.5 Å². The second-order valence-electron chi connectivity index (χ2n) is 9.17. The van der Waals surface area contributed by atoms with Crippen molar-refractivity contribution in [2.45, 2.75) is 12.2 Å². The largest absolute Gasteiger partial charge is 0.478 e. The first-order valence-electron chi connectivity index (χ1n) is 11.8. The molecule has 0 aromatic heterocycles. The Balaban J connectivity index is 1.82. The molecule has 8 nitrogen and oxygen atoms in total. The van der Waals surface area contributed by atoms with Crippen LogP contribution in [0.5, 0.6) is 0 Å². The highest BCUT2D eigenvalue weighted by Crippen LogP contribution is 2.31. The number of likely N-dealkylation sites (N-methyl/N-ethyl adjacent to an activating group) is 1. The molecule has 1 fully saturated rings. The number of hydrogen-bond acceptors (Lipinski definition) is 6. The molecule has 0 saturated carbocycles. The molecule has 3 rings (SSSR count). The summed E-state index contributed by atoms with van der Waals surface area (Å²) in [6, 6.07) is 11.5. The van der Waals surface area contributed by atoms with Crippen LogP contribution in [-0.2, 0) is 6.18 Å². The average Bonchev–Trinajstić information content (AvgIpc) is 2.87. The summed E-state index contributed by atoms with van der Waals surface area (Å²) in [6.07, 6.45) is -4.37. The fraction of sp³-hybridized carbons (Fsp3) is 0.385. The number of hydrogen-bond donors (Lipinski definition) is 3. The Morgan fingerprint density at radius 3 is 2.00 bits per heavy atom. The Labute approximate surface area is 214 Å². The Hall–Kier alpha value is -3.57. The van der Waals surface area contributed by atoms with E-state index < -0.39 is 17.7 Å². The van der Waals surface area contributed by atoms with Crippen LogP contribution in [0.3, 0.4) is 0 Å². The minimum Gasteiger partial charge on any atom is -0.478 e. The number of aliphatic imine (C=N–C) groups is 1. The first kappa shape index (κ1) is 28.0. The molecule has 1 unspecified atom stereocenters. The molecule has 11 heteroatoms. The zero-order valence-electron chi connectivity index (χ0n) is 21.2. The van der Waals surface area contributed by atoms with E-state index in [4.69, 9.17) is 11.5 Å². The maximum Gasteiger partial charge on any atom is 0.416 e. The molecule has 0 bridgehead atoms. The van der Waals surface area contributed by atoms with Crippen LogP contribution in [0.25, 0.3) is 5.57 Å². The summed E-state index contributed by atoms with van der Waals surface area (Å²) >= 11 is 0. The van der Waals surface area contributed by atoms with Crippen LogP contribution in [0.4, 0.5) is 13.2 Å². The third-order valence-electron chi connectivity index (χ3n) is 6.43. The number of alkyl halides is 3. The van der Waals surface area contributed by atoms with Crippen LogP contribution in [-0.4, -0.2) is 85.5 Å². The lowest BCUT2D eigenvalue weighted by molar-refractivity contribution is -0.137. The van der Waals surface area contributed by atoms with E-state index in [1.54, 1.807) is 31.3 Å². The predicted molar refractivity (Wildman–Crippen MR) is 138 cm³/mol. The number of carboxylic acid groups (broad SMARTS) is 1. The maximum absolute atomic E-state index is 13.0. The fourth-order valence-corrected chi connectivity index (χ4v) is 4.42. The second kappa shape index (κ2) is 11.7. The molecule has 0 amide bonds. The van der Waals surface area contributed by atoms with E-state index in [0.29, 0.717) is 49.7 Å². The zero-order chi connectivity index (χ0) is 27.3. The number of nitrogens with zero attached hydrogens (tertiary/aromatic N) is 4. The normalized spacial score (nSPS) is 17.1. The second-order valence-corrected chi connectivity index (χ2v) is 9.17. The minimum atomic E-state index is -4.37. The summed E-state index contributed by atoms with van der Waals surface area (Å²) < 4.78 is 39.1. The Morgan fingerprint density at radius 1 is 1.00 bits per heavy atom. The molecule has 1 aliphatic heterocycles. The van der Waals surface area contributed by atoms with Gasteiger partial charge in [0, 0.05) is 45.8 Å². The molecule has 1 aliphatic rings. The number of nitrogens with two attached hydrogens (primary N) is 2. The van der Waals surface area contributed by atoms with Crippen molar-refractivity contribution in [2.24, 2.45) is 16.5 Å². The van der Waals surface area contributed by atoms with Crippen molar-refractivity contribution < 1.29 is 23.1 Å². The molecule has 0 radical (unpaired) electrons. The predicted octanol–water partition coefficient (Wildman–Crippen LogP) is 2.94. The van der Waals surface area contributed by atoms with Crippen molar-refractivity contribution in [1.82, 2.24) is 14.7 Å². The monoisotopic (exact) mass is 518 g/mol. The molecule has 200 valence electrons. The first-order chi connectivity index (χ1) is 17.4. The smallest absolute Gasteiger partial charge is 0.416 e. The summed E-state index contributed by atoms with van der Waals surface area (Å²) in [6.45, 7) is 3.06. The van der Waals surface area contributed by atoms with Crippen LogP contribution in [0.15, 0.2) is 59.3 Å². The lowest BCUT2D eigenvalue weighted by Gasteiger charge is -2.41. The van der Waals surface area contributed by atoms with Crippen LogP contribution in [0, 0.1) is 0 Å². The Bertz CT molecular complexity index is 1140. The van der Waals surface area contributed by atoms with Gasteiger partial charge in [-0.3, -0.25) is 9.89 Å². The molecule has 2 aromatic carbocycles. The van der Waals surface area contributed by atoms with Gasteiger partial charge in [-0.15, -0.1) is 0 Å². The van der Waals surface area contributed by atoms with E-state index in [-0.39, 0.29) is 17.4 Å². The van der Waals surface area contributed by atoms with E-state index >= 15 is 0 Å². The number of rotatable bonds is 8. The molecule has 1 atom stereocenters. The summed E-state index contributed by atoms with van der Waals surface area (Å²) in [5.74, 6) is -0.360. The molecule has 0 aliphatic carbocycles. The summed E-state index contributed by atoms with van der Waals surface area (Å²) in [5.41, 5.74) is 14.2. The number of benzene rings is 2. The quantitative estimate of drug-likeness (QED) is 0.364. The van der Waals surface area contributed by atoms with Crippen molar-refractivity contribution >= 4 is 17.4 Å². The molecule has 2 aromatic rings. The van der Waals surface area contributed by atoms with Crippen molar-refractivity contribution in [3.8, 4) is 0 Å². The van der Waals surface area contributed by atoms with E-state index in [0.717, 1.165) is 17.7 Å². The van der Waals surface area contributed by atoms with Crippen LogP contribution >= 0.6 is 0 Å². The van der Waals surface area contributed by atoms with Gasteiger partial charge in [-0.25, -0.2) is 4.79 Å². The highest BCUT2D eigenvalue weighted by molar-refractivity contribution is 6.22. The molecule has 1 saturated heterocycles. The SMILES string of the molecule is CN=C(N)C(=C(N)N1CCN(C(CN(C)C)c2ccc(C(F)(F)F)cc2)CC1)c1ccc(C(=O)O)cc1. The van der Waals surface area contributed by atoms with Crippen molar-refractivity contribution in [1.29, 1.82) is 0 Å². The third kappa shape index (κ3) is 6.80. The van der Waals surface area contributed by atoms with Gasteiger partial charge in [-0.05, 0) is 49.5 Å². The van der Waals surface area contributed by atoms with Gasteiger partial charge in [0.15, 0.2) is 0 Å². The van der Waals surface area contributed by atoms with Gasteiger partial charge in [-0.1, -0.05) is 24.3 Å². The number of carbonyl (C=O) groups is 1. The van der Waals surface area contributed by atoms with E-state index in [1.165, 1.54) is 12.1 Å². The molecular formula is C26H33F3N6O2. The number of carboxylic acids is 1. The van der Waals surface area contributed by atoms with Crippen LogP contribution in [0.2, 0.25) is 0 Å². The maximum atomic E-state index is 13.0. The van der Waals surface area contributed by atoms with Gasteiger partial charge >= 0.3 is 12.1 Å². The van der Waals surface area contributed by atoms with E-state index in [9.17, 15) is 23.1 Å². The highest BCUT2D eigenvalue weighted by atomic mass is 19.4. The fourth-order valence-electron chi connectivity index (χ4n) is 4.42. The number of aromatic carboxylic acids is 1. The third-order valence-corrected chi connectivity index (χ3v) is 6.43. The molecule has 5 N–H and O–H groups in total. The van der Waals surface area contributed by atoms with Crippen molar-refractivity contribution in [3.05, 3.63) is 76.6 Å². The van der Waals surface area contributed by atoms with Gasteiger partial charge in [0.25, 0.3) is 0 Å². The topological polar surface area (TPSA) is 111 Å². The van der Waals surface area contributed by atoms with E-state index in [1.807, 2.05) is 23.9 Å². The standard InChI is InChI=1S/C26H33F3N6O2/c1-32-23(30)22(18-4-6-19(7-5-18)25(36)37)24(31)35-14-12-34(13-15-35)21(16-33(2)3)17-8-10-20(11-9-17)26(27,28)29/h4-11,21H,12-16,31H2,1-3H3,(H2,30,32)(H,36,37). The number of amidine groups is 1. The van der Waals surface area contributed by atoms with Gasteiger partial charge < -0.3 is 26.4 Å². The zero-order valence-corrected chi connectivity index (χ0v) is 21.2. The van der Waals surface area contributed by atoms with Gasteiger partial charge in [0.1, 0.15) is 11.7 Å². The summed E-state index contributed by atoms with van der Waals surface area (Å²) in [7, 11) is 5.42. The lowest BCUT2D eigenvalue weighted by Crippen LogP contribution is -2.50. The Morgan fingerprint density at radius 2 is 1.54 bits per heavy atom. The molecule has 0 spiro atoms. The Kier molecular flexibility index (Phi) is 8.82. The van der Waals surface area contributed by atoms with Crippen LogP contribution in [0.1, 0.15) is 33.1 Å². The summed E-state index contributed by atoms with van der Waals surface area (Å²) in [5, 5.41) is 9.19. The number of halogens is 3. The summed E-state index contributed by atoms with van der Waals surface area (Å²) in [4.78, 5) is 21.6. The van der Waals surface area contributed by atoms with Gasteiger partial charge in [-0.2, -0.15) is 13.2 Å². The van der Waals surface area contributed by atoms with Gasteiger partial charge in [0.05, 0.1) is 16.7 Å². The molecular weight excluding hydrogens is 485 g/mol.